The number of hydrogen-bond donors (Lipinski definition) is 2. The van der Waals surface area contributed by atoms with Crippen molar-refractivity contribution < 1.29 is 14.3 Å². The SMILES string of the molecule is C=C(Nc1c(C(C)C)cccc1C(C)C)C1=C(C)[C@]2(C)CN(C(=O)OC(C)(C)C)CC[C@H]2NC1=O. The van der Waals surface area contributed by atoms with Crippen molar-refractivity contribution in [2.24, 2.45) is 5.41 Å². The summed E-state index contributed by atoms with van der Waals surface area (Å²) in [6, 6.07) is 6.31. The number of nitrogens with one attached hydrogen (secondary N) is 2. The fourth-order valence-corrected chi connectivity index (χ4v) is 5.24. The number of carbonyl (C=O) groups excluding carboxylic acids is 2. The number of likely N-dealkylation sites (tertiary alicyclic amines) is 1. The number of piperidine rings is 1. The number of fused-ring (bicyclic) bond motifs is 1. The molecule has 0 aliphatic carbocycles. The maximum atomic E-state index is 13.3. The molecule has 1 aromatic carbocycles. The Balaban J connectivity index is 1.96. The minimum absolute atomic E-state index is 0.0422. The number of anilines is 1. The number of hydrogen-bond acceptors (Lipinski definition) is 4. The van der Waals surface area contributed by atoms with Gasteiger partial charge in [0.05, 0.1) is 5.57 Å². The number of nitrogens with zero attached hydrogens (tertiary/aromatic N) is 1. The van der Waals surface area contributed by atoms with E-state index in [1.165, 1.54) is 11.1 Å². The van der Waals surface area contributed by atoms with Crippen molar-refractivity contribution in [2.75, 3.05) is 18.4 Å². The minimum Gasteiger partial charge on any atom is -0.444 e. The van der Waals surface area contributed by atoms with Gasteiger partial charge in [0.1, 0.15) is 5.60 Å². The van der Waals surface area contributed by atoms with Gasteiger partial charge in [-0.25, -0.2) is 4.79 Å². The van der Waals surface area contributed by atoms with Crippen LogP contribution in [0.3, 0.4) is 0 Å². The van der Waals surface area contributed by atoms with E-state index in [0.717, 1.165) is 11.3 Å². The van der Waals surface area contributed by atoms with E-state index in [9.17, 15) is 9.59 Å². The summed E-state index contributed by atoms with van der Waals surface area (Å²) in [6.07, 6.45) is 0.368. The standard InChI is InChI=1S/C29H43N3O3/c1-17(2)21-12-11-13-22(18(3)4)25(21)30-20(6)24-19(5)29(10)16-32(27(34)35-28(7,8)9)15-14-23(29)31-26(24)33/h11-13,17-18,23,30H,6,14-16H2,1-5,7-10H3,(H,31,33)/t23-,29+/m1/s1. The normalized spacial score (nSPS) is 22.8. The summed E-state index contributed by atoms with van der Waals surface area (Å²) < 4.78 is 5.64. The summed E-state index contributed by atoms with van der Waals surface area (Å²) in [7, 11) is 0. The van der Waals surface area contributed by atoms with Gasteiger partial charge in [-0.2, -0.15) is 0 Å². The van der Waals surface area contributed by atoms with Gasteiger partial charge in [0.15, 0.2) is 0 Å². The molecule has 35 heavy (non-hydrogen) atoms. The Morgan fingerprint density at radius 2 is 1.77 bits per heavy atom. The number of para-hydroxylation sites is 1. The molecule has 0 unspecified atom stereocenters. The fraction of sp³-hybridized carbons (Fsp3) is 0.586. The van der Waals surface area contributed by atoms with E-state index >= 15 is 0 Å². The Labute approximate surface area is 211 Å². The summed E-state index contributed by atoms with van der Waals surface area (Å²) >= 11 is 0. The van der Waals surface area contributed by atoms with Gasteiger partial charge in [0, 0.05) is 35.9 Å². The first kappa shape index (κ1) is 26.8. The van der Waals surface area contributed by atoms with Crippen LogP contribution < -0.4 is 10.6 Å². The van der Waals surface area contributed by atoms with Crippen molar-refractivity contribution in [3.05, 3.63) is 52.7 Å². The first-order valence-corrected chi connectivity index (χ1v) is 12.7. The lowest BCUT2D eigenvalue weighted by molar-refractivity contribution is -0.120. The lowest BCUT2D eigenvalue weighted by Crippen LogP contribution is -2.62. The Bertz CT molecular complexity index is 1020. The van der Waals surface area contributed by atoms with Crippen LogP contribution in [0.1, 0.15) is 91.7 Å². The average Bonchev–Trinajstić information content (AvgIpc) is 2.73. The zero-order valence-corrected chi connectivity index (χ0v) is 23.0. The molecule has 2 N–H and O–H groups in total. The molecule has 2 amide bonds. The van der Waals surface area contributed by atoms with E-state index in [2.05, 4.69) is 70.0 Å². The third-order valence-electron chi connectivity index (χ3n) is 7.34. The topological polar surface area (TPSA) is 70.7 Å². The van der Waals surface area contributed by atoms with Crippen LogP contribution in [0.15, 0.2) is 41.6 Å². The molecule has 1 saturated heterocycles. The largest absolute Gasteiger partial charge is 0.444 e. The monoisotopic (exact) mass is 481 g/mol. The highest BCUT2D eigenvalue weighted by Gasteiger charge is 2.48. The molecule has 0 aromatic heterocycles. The predicted octanol–water partition coefficient (Wildman–Crippen LogP) is 6.32. The third kappa shape index (κ3) is 5.41. The lowest BCUT2D eigenvalue weighted by atomic mass is 9.68. The van der Waals surface area contributed by atoms with Crippen molar-refractivity contribution in [2.45, 2.75) is 92.2 Å². The molecule has 0 saturated carbocycles. The Morgan fingerprint density at radius 1 is 1.20 bits per heavy atom. The highest BCUT2D eigenvalue weighted by Crippen LogP contribution is 2.43. The van der Waals surface area contributed by atoms with Crippen molar-refractivity contribution in [1.29, 1.82) is 0 Å². The van der Waals surface area contributed by atoms with Gasteiger partial charge in [-0.15, -0.1) is 0 Å². The Hall–Kier alpha value is -2.76. The molecule has 1 fully saturated rings. The van der Waals surface area contributed by atoms with Gasteiger partial charge < -0.3 is 20.3 Å². The summed E-state index contributed by atoms with van der Waals surface area (Å²) in [5, 5.41) is 6.74. The summed E-state index contributed by atoms with van der Waals surface area (Å²) in [6.45, 7) is 23.8. The maximum Gasteiger partial charge on any atom is 0.410 e. The van der Waals surface area contributed by atoms with Crippen LogP contribution in [0.2, 0.25) is 0 Å². The number of benzene rings is 1. The number of amides is 2. The maximum absolute atomic E-state index is 13.3. The third-order valence-corrected chi connectivity index (χ3v) is 7.34. The molecule has 0 bridgehead atoms. The molecule has 6 heteroatoms. The first-order valence-electron chi connectivity index (χ1n) is 12.7. The molecule has 3 rings (SSSR count). The highest BCUT2D eigenvalue weighted by atomic mass is 16.6. The first-order chi connectivity index (χ1) is 16.2. The average molecular weight is 482 g/mol. The number of rotatable bonds is 5. The zero-order valence-electron chi connectivity index (χ0n) is 23.0. The van der Waals surface area contributed by atoms with Gasteiger partial charge in [-0.3, -0.25) is 4.79 Å². The number of ether oxygens (including phenoxy) is 1. The van der Waals surface area contributed by atoms with Crippen LogP contribution in [0.25, 0.3) is 0 Å². The predicted molar refractivity (Wildman–Crippen MR) is 143 cm³/mol. The second-order valence-corrected chi connectivity index (χ2v) is 11.9. The second kappa shape index (κ2) is 9.71. The van der Waals surface area contributed by atoms with Crippen molar-refractivity contribution in [1.82, 2.24) is 10.2 Å². The molecule has 2 aliphatic rings. The van der Waals surface area contributed by atoms with Crippen LogP contribution in [-0.4, -0.2) is 41.6 Å². The molecule has 192 valence electrons. The summed E-state index contributed by atoms with van der Waals surface area (Å²) in [5.41, 5.74) is 4.57. The highest BCUT2D eigenvalue weighted by molar-refractivity contribution is 6.01. The molecule has 6 nitrogen and oxygen atoms in total. The van der Waals surface area contributed by atoms with Crippen molar-refractivity contribution in [3.63, 3.8) is 0 Å². The van der Waals surface area contributed by atoms with Crippen LogP contribution in [0.5, 0.6) is 0 Å². The summed E-state index contributed by atoms with van der Waals surface area (Å²) in [5.74, 6) is 0.532. The Kier molecular flexibility index (Phi) is 7.45. The van der Waals surface area contributed by atoms with Crippen molar-refractivity contribution >= 4 is 17.7 Å². The zero-order chi connectivity index (χ0) is 26.3. The van der Waals surface area contributed by atoms with E-state index in [1.807, 2.05) is 27.7 Å². The van der Waals surface area contributed by atoms with Crippen LogP contribution in [-0.2, 0) is 9.53 Å². The molecule has 2 atom stereocenters. The van der Waals surface area contributed by atoms with Crippen LogP contribution in [0, 0.1) is 5.41 Å². The van der Waals surface area contributed by atoms with E-state index < -0.39 is 11.0 Å². The quantitative estimate of drug-likeness (QED) is 0.516. The molecule has 0 radical (unpaired) electrons. The van der Waals surface area contributed by atoms with Gasteiger partial charge in [-0.05, 0) is 62.7 Å². The molecular weight excluding hydrogens is 438 g/mol. The molecule has 0 spiro atoms. The summed E-state index contributed by atoms with van der Waals surface area (Å²) in [4.78, 5) is 27.9. The fourth-order valence-electron chi connectivity index (χ4n) is 5.24. The molecular formula is C29H43N3O3. The van der Waals surface area contributed by atoms with E-state index in [-0.39, 0.29) is 18.0 Å². The lowest BCUT2D eigenvalue weighted by Gasteiger charge is -2.50. The van der Waals surface area contributed by atoms with Gasteiger partial charge in [-0.1, -0.05) is 59.4 Å². The van der Waals surface area contributed by atoms with E-state index in [0.29, 0.717) is 42.6 Å². The Morgan fingerprint density at radius 3 is 2.29 bits per heavy atom. The second-order valence-electron chi connectivity index (χ2n) is 11.9. The molecule has 2 aliphatic heterocycles. The minimum atomic E-state index is -0.554. The van der Waals surface area contributed by atoms with E-state index in [1.54, 1.807) is 4.90 Å². The number of carbonyl (C=O) groups is 2. The molecule has 1 aromatic rings. The van der Waals surface area contributed by atoms with Crippen molar-refractivity contribution in [3.8, 4) is 0 Å². The molecule has 2 heterocycles. The van der Waals surface area contributed by atoms with Crippen LogP contribution in [0.4, 0.5) is 10.5 Å². The smallest absolute Gasteiger partial charge is 0.410 e. The van der Waals surface area contributed by atoms with Gasteiger partial charge in [0.25, 0.3) is 5.91 Å². The van der Waals surface area contributed by atoms with E-state index in [4.69, 9.17) is 4.74 Å². The van der Waals surface area contributed by atoms with Gasteiger partial charge in [0.2, 0.25) is 0 Å². The van der Waals surface area contributed by atoms with Crippen LogP contribution >= 0.6 is 0 Å². The van der Waals surface area contributed by atoms with Gasteiger partial charge >= 0.3 is 6.09 Å².